The molecule has 0 unspecified atom stereocenters. The molecule has 2 aromatic carbocycles. The highest BCUT2D eigenvalue weighted by molar-refractivity contribution is 8.14. The van der Waals surface area contributed by atoms with E-state index in [9.17, 15) is 4.79 Å². The molecule has 1 heterocycles. The fourth-order valence-corrected chi connectivity index (χ4v) is 3.52. The van der Waals surface area contributed by atoms with Crippen molar-refractivity contribution in [2.45, 2.75) is 0 Å². The first-order valence-corrected chi connectivity index (χ1v) is 9.84. The van der Waals surface area contributed by atoms with Crippen LogP contribution in [0.4, 0.5) is 5.69 Å². The van der Waals surface area contributed by atoms with E-state index >= 15 is 0 Å². The summed E-state index contributed by atoms with van der Waals surface area (Å²) in [7, 11) is 4.77. The van der Waals surface area contributed by atoms with Gasteiger partial charge in [0.05, 0.1) is 27.0 Å². The van der Waals surface area contributed by atoms with Crippen molar-refractivity contribution in [1.82, 2.24) is 0 Å². The van der Waals surface area contributed by atoms with Gasteiger partial charge >= 0.3 is 0 Å². The van der Waals surface area contributed by atoms with Gasteiger partial charge in [0.1, 0.15) is 22.9 Å². The molecule has 3 rings (SSSR count). The average molecular weight is 410 g/mol. The van der Waals surface area contributed by atoms with Crippen molar-refractivity contribution in [3.8, 4) is 17.2 Å². The van der Waals surface area contributed by atoms with Crippen molar-refractivity contribution in [3.63, 3.8) is 0 Å². The molecular formula is C22H22N2O4S. The second kappa shape index (κ2) is 9.34. The van der Waals surface area contributed by atoms with Crippen LogP contribution < -0.4 is 19.1 Å². The van der Waals surface area contributed by atoms with Gasteiger partial charge in [-0.15, -0.1) is 6.58 Å². The average Bonchev–Trinajstić information content (AvgIpc) is 3.07. The summed E-state index contributed by atoms with van der Waals surface area (Å²) in [5, 5.41) is 0.596. The van der Waals surface area contributed by atoms with Crippen molar-refractivity contribution in [1.29, 1.82) is 0 Å². The minimum Gasteiger partial charge on any atom is -0.497 e. The lowest BCUT2D eigenvalue weighted by Gasteiger charge is -2.17. The largest absolute Gasteiger partial charge is 0.497 e. The SMILES string of the molecule is C=CCSC1=NC(=Cc2ccc(OC)cc2OC)C(=O)N1c1ccc(OC)cc1. The molecule has 29 heavy (non-hydrogen) atoms. The highest BCUT2D eigenvalue weighted by Crippen LogP contribution is 2.32. The molecule has 0 atom stereocenters. The molecule has 0 N–H and O–H groups in total. The Hall–Kier alpha value is -3.19. The molecule has 150 valence electrons. The van der Waals surface area contributed by atoms with Crippen LogP contribution in [0.15, 0.2) is 65.8 Å². The lowest BCUT2D eigenvalue weighted by molar-refractivity contribution is -0.113. The maximum atomic E-state index is 13.2. The van der Waals surface area contributed by atoms with E-state index in [1.807, 2.05) is 36.4 Å². The predicted octanol–water partition coefficient (Wildman–Crippen LogP) is 4.38. The number of anilines is 1. The van der Waals surface area contributed by atoms with Gasteiger partial charge < -0.3 is 14.2 Å². The van der Waals surface area contributed by atoms with E-state index in [2.05, 4.69) is 11.6 Å². The smallest absolute Gasteiger partial charge is 0.283 e. The maximum absolute atomic E-state index is 13.2. The molecule has 0 radical (unpaired) electrons. The maximum Gasteiger partial charge on any atom is 0.283 e. The fraction of sp³-hybridized carbons (Fsp3) is 0.182. The van der Waals surface area contributed by atoms with Crippen LogP contribution in [0, 0.1) is 0 Å². The molecule has 0 spiro atoms. The molecule has 7 heteroatoms. The van der Waals surface area contributed by atoms with Crippen LogP contribution in [-0.2, 0) is 4.79 Å². The van der Waals surface area contributed by atoms with Crippen LogP contribution in [0.3, 0.4) is 0 Å². The Labute approximate surface area is 174 Å². The molecule has 1 aliphatic heterocycles. The number of methoxy groups -OCH3 is 3. The van der Waals surface area contributed by atoms with E-state index in [4.69, 9.17) is 14.2 Å². The third kappa shape index (κ3) is 4.46. The number of nitrogens with zero attached hydrogens (tertiary/aromatic N) is 2. The fourth-order valence-electron chi connectivity index (χ4n) is 2.77. The number of thioether (sulfide) groups is 1. The van der Waals surface area contributed by atoms with Gasteiger partial charge in [-0.2, -0.15) is 0 Å². The van der Waals surface area contributed by atoms with Crippen molar-refractivity contribution < 1.29 is 19.0 Å². The normalized spacial score (nSPS) is 14.7. The zero-order valence-electron chi connectivity index (χ0n) is 16.5. The molecule has 0 aromatic heterocycles. The summed E-state index contributed by atoms with van der Waals surface area (Å²) in [5.74, 6) is 2.42. The molecule has 1 amide bonds. The van der Waals surface area contributed by atoms with E-state index in [-0.39, 0.29) is 5.91 Å². The molecule has 1 aliphatic rings. The van der Waals surface area contributed by atoms with E-state index in [0.717, 1.165) is 17.0 Å². The number of hydrogen-bond donors (Lipinski definition) is 0. The van der Waals surface area contributed by atoms with Gasteiger partial charge in [-0.05, 0) is 42.5 Å². The Kier molecular flexibility index (Phi) is 6.61. The number of ether oxygens (including phenoxy) is 3. The van der Waals surface area contributed by atoms with Crippen molar-refractivity contribution in [2.24, 2.45) is 4.99 Å². The third-order valence-electron chi connectivity index (χ3n) is 4.22. The first-order chi connectivity index (χ1) is 14.1. The summed E-state index contributed by atoms with van der Waals surface area (Å²) in [4.78, 5) is 19.3. The van der Waals surface area contributed by atoms with Crippen LogP contribution >= 0.6 is 11.8 Å². The molecule has 0 bridgehead atoms. The van der Waals surface area contributed by atoms with Gasteiger partial charge in [-0.1, -0.05) is 17.8 Å². The number of amidine groups is 1. The van der Waals surface area contributed by atoms with Gasteiger partial charge in [-0.25, -0.2) is 4.99 Å². The van der Waals surface area contributed by atoms with Crippen LogP contribution in [0.5, 0.6) is 17.2 Å². The molecule has 0 saturated carbocycles. The van der Waals surface area contributed by atoms with Gasteiger partial charge in [0.15, 0.2) is 5.17 Å². The summed E-state index contributed by atoms with van der Waals surface area (Å²) in [6, 6.07) is 12.7. The van der Waals surface area contributed by atoms with Crippen molar-refractivity contribution in [3.05, 3.63) is 66.4 Å². The second-order valence-electron chi connectivity index (χ2n) is 5.97. The van der Waals surface area contributed by atoms with Crippen LogP contribution in [0.1, 0.15) is 5.56 Å². The molecule has 0 aliphatic carbocycles. The summed E-state index contributed by atoms with van der Waals surface area (Å²) < 4.78 is 15.9. The first kappa shape index (κ1) is 20.5. The third-order valence-corrected chi connectivity index (χ3v) is 5.16. The summed E-state index contributed by atoms with van der Waals surface area (Å²) >= 11 is 1.44. The van der Waals surface area contributed by atoms with Crippen molar-refractivity contribution in [2.75, 3.05) is 32.0 Å². The van der Waals surface area contributed by atoms with Crippen LogP contribution in [-0.4, -0.2) is 38.2 Å². The quantitative estimate of drug-likeness (QED) is 0.501. The predicted molar refractivity (Wildman–Crippen MR) is 118 cm³/mol. The Balaban J connectivity index is 1.99. The lowest BCUT2D eigenvalue weighted by Crippen LogP contribution is -2.30. The summed E-state index contributed by atoms with van der Waals surface area (Å²) in [5.41, 5.74) is 1.79. The molecular weight excluding hydrogens is 388 g/mol. The number of amides is 1. The molecule has 0 saturated heterocycles. The number of rotatable bonds is 7. The van der Waals surface area contributed by atoms with E-state index in [0.29, 0.717) is 28.1 Å². The zero-order valence-corrected chi connectivity index (χ0v) is 17.4. The van der Waals surface area contributed by atoms with Crippen molar-refractivity contribution >= 4 is 34.6 Å². The summed E-state index contributed by atoms with van der Waals surface area (Å²) in [6.07, 6.45) is 3.50. The molecule has 2 aromatic rings. The Morgan fingerprint density at radius 1 is 1.03 bits per heavy atom. The van der Waals surface area contributed by atoms with Gasteiger partial charge in [0, 0.05) is 17.4 Å². The minimum absolute atomic E-state index is 0.209. The number of carbonyl (C=O) groups excluding carboxylic acids is 1. The van der Waals surface area contributed by atoms with Crippen LogP contribution in [0.25, 0.3) is 6.08 Å². The number of hydrogen-bond acceptors (Lipinski definition) is 6. The standard InChI is InChI=1S/C22H22N2O4S/c1-5-12-29-22-23-19(13-15-6-9-18(27-3)14-20(15)28-4)21(25)24(22)16-7-10-17(26-2)11-8-16/h5-11,13-14H,1,12H2,2-4H3. The van der Waals surface area contributed by atoms with Gasteiger partial charge in [-0.3, -0.25) is 9.69 Å². The van der Waals surface area contributed by atoms with Gasteiger partial charge in [0.25, 0.3) is 5.91 Å². The molecule has 0 fully saturated rings. The number of carbonyl (C=O) groups is 1. The Morgan fingerprint density at radius 3 is 2.34 bits per heavy atom. The molecule has 6 nitrogen and oxygen atoms in total. The first-order valence-electron chi connectivity index (χ1n) is 8.86. The topological polar surface area (TPSA) is 60.4 Å². The van der Waals surface area contributed by atoms with Gasteiger partial charge in [0.2, 0.25) is 0 Å². The van der Waals surface area contributed by atoms with E-state index in [1.54, 1.807) is 44.4 Å². The second-order valence-corrected chi connectivity index (χ2v) is 6.96. The minimum atomic E-state index is -0.209. The van der Waals surface area contributed by atoms with Crippen LogP contribution in [0.2, 0.25) is 0 Å². The number of benzene rings is 2. The highest BCUT2D eigenvalue weighted by atomic mass is 32.2. The number of aliphatic imine (C=N–C) groups is 1. The Morgan fingerprint density at radius 2 is 1.72 bits per heavy atom. The highest BCUT2D eigenvalue weighted by Gasteiger charge is 2.32. The summed E-state index contributed by atoms with van der Waals surface area (Å²) in [6.45, 7) is 3.75. The van der Waals surface area contributed by atoms with E-state index < -0.39 is 0 Å². The lowest BCUT2D eigenvalue weighted by atomic mass is 10.1. The zero-order chi connectivity index (χ0) is 20.8. The monoisotopic (exact) mass is 410 g/mol. The van der Waals surface area contributed by atoms with E-state index in [1.165, 1.54) is 11.8 Å². The Bertz CT molecular complexity index is 967.